The third-order valence-electron chi connectivity index (χ3n) is 6.56. The van der Waals surface area contributed by atoms with E-state index in [1.807, 2.05) is 12.1 Å². The van der Waals surface area contributed by atoms with E-state index >= 15 is 0 Å². The number of carbonyl (C=O) groups excluding carboxylic acids is 3. The first-order valence-electron chi connectivity index (χ1n) is 14.6. The number of nitrogens with zero attached hydrogens (tertiary/aromatic N) is 4. The third-order valence-corrected chi connectivity index (χ3v) is 7.39. The minimum atomic E-state index is -1.07. The Kier molecular flexibility index (Phi) is 11.8. The monoisotopic (exact) mass is 635 g/mol. The highest BCUT2D eigenvalue weighted by Gasteiger charge is 2.50. The van der Waals surface area contributed by atoms with Crippen LogP contribution in [-0.4, -0.2) is 94.5 Å². The summed E-state index contributed by atoms with van der Waals surface area (Å²) in [5, 5.41) is 11.9. The van der Waals surface area contributed by atoms with Crippen molar-refractivity contribution in [3.63, 3.8) is 0 Å². The average Bonchev–Trinajstić information content (AvgIpc) is 3.49. The number of likely N-dealkylation sites (tertiary alicyclic amines) is 1. The molecule has 1 aliphatic heterocycles. The highest BCUT2D eigenvalue weighted by atomic mass is 32.1. The van der Waals surface area contributed by atoms with E-state index in [0.717, 1.165) is 23.7 Å². The van der Waals surface area contributed by atoms with Crippen LogP contribution in [0.5, 0.6) is 5.75 Å². The topological polar surface area (TPSA) is 142 Å². The van der Waals surface area contributed by atoms with Crippen LogP contribution < -0.4 is 10.1 Å². The molecule has 13 nitrogen and oxygen atoms in total. The van der Waals surface area contributed by atoms with Crippen molar-refractivity contribution >= 4 is 34.8 Å². The number of carbonyl (C=O) groups is 3. The van der Waals surface area contributed by atoms with E-state index in [9.17, 15) is 14.4 Å². The highest BCUT2D eigenvalue weighted by Crippen LogP contribution is 2.31. The van der Waals surface area contributed by atoms with Crippen LogP contribution >= 0.6 is 11.3 Å². The van der Waals surface area contributed by atoms with Crippen LogP contribution in [0.3, 0.4) is 0 Å². The van der Waals surface area contributed by atoms with Gasteiger partial charge in [-0.05, 0) is 78.7 Å². The Morgan fingerprint density at radius 3 is 2.18 bits per heavy atom. The van der Waals surface area contributed by atoms with E-state index in [1.54, 1.807) is 60.8 Å². The first-order chi connectivity index (χ1) is 20.6. The van der Waals surface area contributed by atoms with Crippen LogP contribution in [0.15, 0.2) is 24.3 Å². The second-order valence-electron chi connectivity index (χ2n) is 12.3. The molecule has 0 aliphatic carbocycles. The number of ether oxygens (including phenoxy) is 5. The molecule has 2 heterocycles. The van der Waals surface area contributed by atoms with Gasteiger partial charge >= 0.3 is 18.3 Å². The molecule has 1 fully saturated rings. The van der Waals surface area contributed by atoms with Crippen LogP contribution in [0.2, 0.25) is 0 Å². The van der Waals surface area contributed by atoms with Gasteiger partial charge in [0.25, 0.3) is 0 Å². The smallest absolute Gasteiger partial charge is 0.497 e. The third kappa shape index (κ3) is 10.5. The lowest BCUT2D eigenvalue weighted by molar-refractivity contribution is -0.0503. The molecular formula is C30H45N5O8S. The number of hydrogen-bond acceptors (Lipinski definition) is 12. The standard InChI is InChI=1S/C30H45N5O8S/c1-10-34(11-2)18-23-32-33-25(44-23)31-26(36)41-24-21(16-19-12-14-20(39-9)15-13-19)35(27(37)42-29(3,4)5)17-22(24)40-28(38)43-30(6,7)8/h12-15,21-22,24H,10-11,16-18H2,1-9H3,(H,31,33,36)/t21-,22+,24+/m1/s1. The van der Waals surface area contributed by atoms with E-state index < -0.39 is 47.8 Å². The van der Waals surface area contributed by atoms with Crippen molar-refractivity contribution < 1.29 is 38.1 Å². The van der Waals surface area contributed by atoms with Crippen LogP contribution in [0.25, 0.3) is 0 Å². The van der Waals surface area contributed by atoms with Gasteiger partial charge in [0.2, 0.25) is 5.13 Å². The molecule has 14 heteroatoms. The van der Waals surface area contributed by atoms with E-state index in [4.69, 9.17) is 23.7 Å². The van der Waals surface area contributed by atoms with Crippen molar-refractivity contribution in [2.75, 3.05) is 32.1 Å². The number of rotatable bonds is 10. The van der Waals surface area contributed by atoms with Gasteiger partial charge in [0, 0.05) is 0 Å². The Labute approximate surface area is 263 Å². The zero-order valence-electron chi connectivity index (χ0n) is 27.0. The van der Waals surface area contributed by atoms with E-state index in [2.05, 4.69) is 34.3 Å². The SMILES string of the molecule is CCN(CC)Cc1nnc(NC(=O)O[C@@H]2[C@@H](OC(=O)OC(C)(C)C)CN(C(=O)OC(C)(C)C)[C@@H]2Cc2ccc(OC)cc2)s1. The number of nitrogens with one attached hydrogen (secondary N) is 1. The first-order valence-corrected chi connectivity index (χ1v) is 15.5. The molecule has 0 radical (unpaired) electrons. The Bertz CT molecular complexity index is 1250. The summed E-state index contributed by atoms with van der Waals surface area (Å²) in [5.41, 5.74) is -0.779. The lowest BCUT2D eigenvalue weighted by Gasteiger charge is -2.30. The lowest BCUT2D eigenvalue weighted by Crippen LogP contribution is -2.45. The highest BCUT2D eigenvalue weighted by molar-refractivity contribution is 7.15. The minimum absolute atomic E-state index is 0.0836. The van der Waals surface area contributed by atoms with Crippen LogP contribution in [0, 0.1) is 0 Å². The predicted molar refractivity (Wildman–Crippen MR) is 165 cm³/mol. The molecule has 1 N–H and O–H groups in total. The van der Waals surface area contributed by atoms with Gasteiger partial charge in [-0.1, -0.05) is 37.3 Å². The van der Waals surface area contributed by atoms with Crippen molar-refractivity contribution in [1.29, 1.82) is 0 Å². The normalized spacial score (nSPS) is 18.6. The van der Waals surface area contributed by atoms with Gasteiger partial charge in [-0.25, -0.2) is 14.4 Å². The second kappa shape index (κ2) is 14.9. The van der Waals surface area contributed by atoms with Crippen molar-refractivity contribution in [1.82, 2.24) is 20.0 Å². The van der Waals surface area contributed by atoms with Gasteiger partial charge in [-0.3, -0.25) is 15.1 Å². The molecular weight excluding hydrogens is 590 g/mol. The molecule has 0 spiro atoms. The molecule has 2 aromatic rings. The number of aromatic nitrogens is 2. The minimum Gasteiger partial charge on any atom is -0.497 e. The van der Waals surface area contributed by atoms with Crippen LogP contribution in [0.4, 0.5) is 19.5 Å². The maximum Gasteiger partial charge on any atom is 0.509 e. The van der Waals surface area contributed by atoms with Crippen molar-refractivity contribution in [3.05, 3.63) is 34.8 Å². The molecule has 3 rings (SSSR count). The summed E-state index contributed by atoms with van der Waals surface area (Å²) < 4.78 is 27.9. The Balaban J connectivity index is 1.89. The quantitative estimate of drug-likeness (QED) is 0.262. The summed E-state index contributed by atoms with van der Waals surface area (Å²) >= 11 is 1.24. The van der Waals surface area contributed by atoms with E-state index in [0.29, 0.717) is 12.3 Å². The summed E-state index contributed by atoms with van der Waals surface area (Å²) in [6, 6.07) is 6.55. The first kappa shape index (κ1) is 34.8. The van der Waals surface area contributed by atoms with E-state index in [1.165, 1.54) is 16.2 Å². The summed E-state index contributed by atoms with van der Waals surface area (Å²) in [5.74, 6) is 0.667. The van der Waals surface area contributed by atoms with Crippen molar-refractivity contribution in [2.45, 2.75) is 97.8 Å². The Morgan fingerprint density at radius 1 is 0.977 bits per heavy atom. The molecule has 3 atom stereocenters. The van der Waals surface area contributed by atoms with Gasteiger partial charge < -0.3 is 23.7 Å². The fraction of sp³-hybridized carbons (Fsp3) is 0.633. The number of amides is 2. The zero-order chi connectivity index (χ0) is 32.7. The number of hydrogen-bond donors (Lipinski definition) is 1. The Hall–Kier alpha value is -3.65. The predicted octanol–water partition coefficient (Wildman–Crippen LogP) is 5.49. The molecule has 1 saturated heterocycles. The van der Waals surface area contributed by atoms with Crippen molar-refractivity contribution in [3.8, 4) is 5.75 Å². The van der Waals surface area contributed by atoms with Gasteiger partial charge in [0.05, 0.1) is 26.2 Å². The second-order valence-corrected chi connectivity index (χ2v) is 13.4. The van der Waals surface area contributed by atoms with Gasteiger partial charge in [-0.15, -0.1) is 10.2 Å². The zero-order valence-corrected chi connectivity index (χ0v) is 27.9. The van der Waals surface area contributed by atoms with Crippen molar-refractivity contribution in [2.24, 2.45) is 0 Å². The molecule has 0 saturated carbocycles. The molecule has 0 bridgehead atoms. The maximum absolute atomic E-state index is 13.4. The molecule has 244 valence electrons. The average molecular weight is 636 g/mol. The Morgan fingerprint density at radius 2 is 1.61 bits per heavy atom. The largest absolute Gasteiger partial charge is 0.509 e. The molecule has 44 heavy (non-hydrogen) atoms. The molecule has 0 unspecified atom stereocenters. The number of anilines is 1. The molecule has 2 amide bonds. The molecule has 1 aromatic carbocycles. The number of benzene rings is 1. The van der Waals surface area contributed by atoms with Gasteiger partial charge in [0.1, 0.15) is 22.0 Å². The summed E-state index contributed by atoms with van der Waals surface area (Å²) in [6.45, 7) is 16.7. The fourth-order valence-corrected chi connectivity index (χ4v) is 5.29. The fourth-order valence-electron chi connectivity index (χ4n) is 4.52. The van der Waals surface area contributed by atoms with Gasteiger partial charge in [0.15, 0.2) is 12.2 Å². The lowest BCUT2D eigenvalue weighted by atomic mass is 10.0. The van der Waals surface area contributed by atoms with Crippen LogP contribution in [-0.2, 0) is 31.9 Å². The maximum atomic E-state index is 13.4. The molecule has 1 aliphatic rings. The summed E-state index contributed by atoms with van der Waals surface area (Å²) in [6.07, 6.45) is -4.26. The number of methoxy groups -OCH3 is 1. The van der Waals surface area contributed by atoms with Crippen LogP contribution in [0.1, 0.15) is 66.0 Å². The van der Waals surface area contributed by atoms with E-state index in [-0.39, 0.29) is 18.1 Å². The molecule has 1 aromatic heterocycles. The van der Waals surface area contributed by atoms with Gasteiger partial charge in [-0.2, -0.15) is 0 Å². The summed E-state index contributed by atoms with van der Waals surface area (Å²) in [7, 11) is 1.57. The summed E-state index contributed by atoms with van der Waals surface area (Å²) in [4.78, 5) is 43.0.